The lowest BCUT2D eigenvalue weighted by Crippen LogP contribution is -2.14. The fourth-order valence-corrected chi connectivity index (χ4v) is 3.49. The van der Waals surface area contributed by atoms with E-state index in [1.807, 2.05) is 12.1 Å². The van der Waals surface area contributed by atoms with Crippen molar-refractivity contribution in [2.75, 3.05) is 20.0 Å². The molecule has 1 aliphatic rings. The van der Waals surface area contributed by atoms with Gasteiger partial charge in [0.1, 0.15) is 23.3 Å². The largest absolute Gasteiger partial charge is 0.465 e. The van der Waals surface area contributed by atoms with Crippen LogP contribution in [0.15, 0.2) is 21.6 Å². The number of allylic oxidation sites excluding steroid dienone is 2. The summed E-state index contributed by atoms with van der Waals surface area (Å²) in [5.74, 6) is -1.68. The number of esters is 2. The number of methoxy groups -OCH3 is 1. The Labute approximate surface area is 139 Å². The van der Waals surface area contributed by atoms with E-state index in [1.165, 1.54) is 18.9 Å². The summed E-state index contributed by atoms with van der Waals surface area (Å²) in [6.45, 7) is 1.84. The Bertz CT molecular complexity index is 637. The number of nitrogens with zero attached hydrogens (tertiary/aromatic N) is 2. The van der Waals surface area contributed by atoms with Crippen LogP contribution in [0.3, 0.4) is 0 Å². The van der Waals surface area contributed by atoms with Crippen molar-refractivity contribution in [3.05, 3.63) is 21.6 Å². The Hall–Kier alpha value is -2.25. The molecule has 0 spiro atoms. The van der Waals surface area contributed by atoms with Gasteiger partial charge in [0.05, 0.1) is 13.7 Å². The molecule has 0 saturated heterocycles. The van der Waals surface area contributed by atoms with E-state index in [0.29, 0.717) is 23.3 Å². The van der Waals surface area contributed by atoms with Gasteiger partial charge in [-0.15, -0.1) is 11.8 Å². The van der Waals surface area contributed by atoms with E-state index in [-0.39, 0.29) is 23.7 Å². The number of ether oxygens (including phenoxy) is 2. The second-order valence-electron chi connectivity index (χ2n) is 4.72. The molecule has 1 unspecified atom stereocenters. The minimum atomic E-state index is -0.690. The Kier molecular flexibility index (Phi) is 7.37. The average Bonchev–Trinajstić information content (AvgIpc) is 3.01. The van der Waals surface area contributed by atoms with Crippen LogP contribution >= 0.6 is 11.8 Å². The monoisotopic (exact) mass is 334 g/mol. The van der Waals surface area contributed by atoms with Gasteiger partial charge < -0.3 is 9.47 Å². The number of hydrogen-bond acceptors (Lipinski definition) is 7. The van der Waals surface area contributed by atoms with E-state index in [2.05, 4.69) is 4.74 Å². The fraction of sp³-hybridized carbons (Fsp3) is 0.500. The normalized spacial score (nSPS) is 20.0. The van der Waals surface area contributed by atoms with Crippen LogP contribution in [0.2, 0.25) is 0 Å². The standard InChI is InChI=1S/C16H18N2O4S/c1-4-22-16(20)13(9-18)14(23-3)11-7-5-6-10(11)12(8-17)15(19)21-2/h11H,4-7H2,1-3H3. The zero-order chi connectivity index (χ0) is 17.4. The topological polar surface area (TPSA) is 100 Å². The molecule has 0 bridgehead atoms. The first-order valence-electron chi connectivity index (χ1n) is 7.12. The maximum Gasteiger partial charge on any atom is 0.349 e. The molecule has 6 nitrogen and oxygen atoms in total. The predicted molar refractivity (Wildman–Crippen MR) is 84.8 cm³/mol. The molecule has 0 aromatic heterocycles. The van der Waals surface area contributed by atoms with Gasteiger partial charge in [-0.05, 0) is 38.0 Å². The van der Waals surface area contributed by atoms with Crippen LogP contribution in [-0.2, 0) is 19.1 Å². The molecule has 122 valence electrons. The third kappa shape index (κ3) is 4.14. The fourth-order valence-electron chi connectivity index (χ4n) is 2.61. The van der Waals surface area contributed by atoms with Crippen LogP contribution in [0.1, 0.15) is 26.2 Å². The SMILES string of the molecule is CCOC(=O)C(C#N)=C(SC)C1CCCC1=C(C#N)C(=O)OC. The lowest BCUT2D eigenvalue weighted by atomic mass is 9.95. The van der Waals surface area contributed by atoms with Gasteiger partial charge in [-0.2, -0.15) is 10.5 Å². The predicted octanol–water partition coefficient (Wildman–Crippen LogP) is 2.48. The Morgan fingerprint density at radius 1 is 1.30 bits per heavy atom. The molecule has 1 atom stereocenters. The molecule has 0 radical (unpaired) electrons. The molecule has 1 fully saturated rings. The molecule has 1 rings (SSSR count). The lowest BCUT2D eigenvalue weighted by molar-refractivity contribution is -0.138. The minimum Gasteiger partial charge on any atom is -0.465 e. The maximum absolute atomic E-state index is 12.0. The van der Waals surface area contributed by atoms with Crippen molar-refractivity contribution in [2.24, 2.45) is 5.92 Å². The molecular weight excluding hydrogens is 316 g/mol. The molecule has 1 aliphatic carbocycles. The number of rotatable bonds is 5. The van der Waals surface area contributed by atoms with E-state index in [0.717, 1.165) is 6.42 Å². The lowest BCUT2D eigenvalue weighted by Gasteiger charge is -2.17. The molecule has 0 heterocycles. The number of nitriles is 2. The van der Waals surface area contributed by atoms with Crippen LogP contribution in [0.5, 0.6) is 0 Å². The van der Waals surface area contributed by atoms with Gasteiger partial charge in [-0.25, -0.2) is 9.59 Å². The van der Waals surface area contributed by atoms with Crippen molar-refractivity contribution in [1.29, 1.82) is 10.5 Å². The highest BCUT2D eigenvalue weighted by Gasteiger charge is 2.33. The smallest absolute Gasteiger partial charge is 0.349 e. The second-order valence-corrected chi connectivity index (χ2v) is 5.57. The summed E-state index contributed by atoms with van der Waals surface area (Å²) in [6, 6.07) is 3.79. The zero-order valence-corrected chi connectivity index (χ0v) is 14.2. The third-order valence-electron chi connectivity index (χ3n) is 3.56. The van der Waals surface area contributed by atoms with Gasteiger partial charge >= 0.3 is 11.9 Å². The molecule has 0 aromatic carbocycles. The number of thioether (sulfide) groups is 1. The Morgan fingerprint density at radius 2 is 2.00 bits per heavy atom. The van der Waals surface area contributed by atoms with Crippen LogP contribution in [-0.4, -0.2) is 31.9 Å². The third-order valence-corrected chi connectivity index (χ3v) is 4.48. The molecule has 0 aliphatic heterocycles. The van der Waals surface area contributed by atoms with Crippen LogP contribution in [0, 0.1) is 28.6 Å². The van der Waals surface area contributed by atoms with E-state index in [9.17, 15) is 20.1 Å². The average molecular weight is 334 g/mol. The van der Waals surface area contributed by atoms with E-state index >= 15 is 0 Å². The Balaban J connectivity index is 3.42. The van der Waals surface area contributed by atoms with Crippen LogP contribution < -0.4 is 0 Å². The van der Waals surface area contributed by atoms with Crippen LogP contribution in [0.4, 0.5) is 0 Å². The van der Waals surface area contributed by atoms with Crippen molar-refractivity contribution in [3.63, 3.8) is 0 Å². The molecule has 0 N–H and O–H groups in total. The molecule has 1 saturated carbocycles. The van der Waals surface area contributed by atoms with Crippen molar-refractivity contribution < 1.29 is 19.1 Å². The number of hydrogen-bond donors (Lipinski definition) is 0. The van der Waals surface area contributed by atoms with Crippen molar-refractivity contribution in [3.8, 4) is 12.1 Å². The molecular formula is C16H18N2O4S. The van der Waals surface area contributed by atoms with Crippen LogP contribution in [0.25, 0.3) is 0 Å². The van der Waals surface area contributed by atoms with Gasteiger partial charge in [0.15, 0.2) is 0 Å². The summed E-state index contributed by atoms with van der Waals surface area (Å²) in [7, 11) is 1.22. The Morgan fingerprint density at radius 3 is 2.48 bits per heavy atom. The molecule has 0 amide bonds. The van der Waals surface area contributed by atoms with Gasteiger partial charge in [-0.3, -0.25) is 0 Å². The summed E-state index contributed by atoms with van der Waals surface area (Å²) in [4.78, 5) is 24.3. The van der Waals surface area contributed by atoms with Gasteiger partial charge in [0, 0.05) is 10.8 Å². The molecule has 7 heteroatoms. The van der Waals surface area contributed by atoms with E-state index in [1.54, 1.807) is 13.2 Å². The first-order valence-corrected chi connectivity index (χ1v) is 8.34. The molecule has 0 aromatic rings. The summed E-state index contributed by atoms with van der Waals surface area (Å²) >= 11 is 1.27. The first-order chi connectivity index (χ1) is 11.0. The highest BCUT2D eigenvalue weighted by atomic mass is 32.2. The minimum absolute atomic E-state index is 0.0392. The summed E-state index contributed by atoms with van der Waals surface area (Å²) < 4.78 is 9.57. The quantitative estimate of drug-likeness (QED) is 0.432. The summed E-state index contributed by atoms with van der Waals surface area (Å²) in [5, 5.41) is 18.6. The van der Waals surface area contributed by atoms with E-state index in [4.69, 9.17) is 4.74 Å². The van der Waals surface area contributed by atoms with Crippen molar-refractivity contribution in [2.45, 2.75) is 26.2 Å². The number of carbonyl (C=O) groups excluding carboxylic acids is 2. The van der Waals surface area contributed by atoms with Gasteiger partial charge in [0.25, 0.3) is 0 Å². The summed E-state index contributed by atoms with van der Waals surface area (Å²) in [5.41, 5.74) is 0.523. The molecule has 23 heavy (non-hydrogen) atoms. The second kappa shape index (κ2) is 9.02. The van der Waals surface area contributed by atoms with E-state index < -0.39 is 11.9 Å². The van der Waals surface area contributed by atoms with Gasteiger partial charge in [-0.1, -0.05) is 0 Å². The van der Waals surface area contributed by atoms with Crippen molar-refractivity contribution >= 4 is 23.7 Å². The maximum atomic E-state index is 12.0. The summed E-state index contributed by atoms with van der Waals surface area (Å²) in [6.07, 6.45) is 3.76. The highest BCUT2D eigenvalue weighted by Crippen LogP contribution is 2.43. The highest BCUT2D eigenvalue weighted by molar-refractivity contribution is 8.02. The van der Waals surface area contributed by atoms with Gasteiger partial charge in [0.2, 0.25) is 0 Å². The van der Waals surface area contributed by atoms with Crippen molar-refractivity contribution in [1.82, 2.24) is 0 Å². The zero-order valence-electron chi connectivity index (χ0n) is 13.3. The first kappa shape index (κ1) is 18.8. The number of carbonyl (C=O) groups is 2.